The van der Waals surface area contributed by atoms with E-state index in [1.54, 1.807) is 12.1 Å². The summed E-state index contributed by atoms with van der Waals surface area (Å²) in [5, 5.41) is 3.76. The molecule has 0 bridgehead atoms. The van der Waals surface area contributed by atoms with Crippen LogP contribution in [-0.2, 0) is 9.84 Å². The Hall–Kier alpha value is -0.580. The molecule has 0 aliphatic carbocycles. The lowest BCUT2D eigenvalue weighted by Crippen LogP contribution is -2.27. The number of benzene rings is 1. The zero-order valence-corrected chi connectivity index (χ0v) is 11.0. The normalized spacial score (nSPS) is 13.7. The summed E-state index contributed by atoms with van der Waals surface area (Å²) < 4.78 is 22.6. The second-order valence-electron chi connectivity index (χ2n) is 3.76. The maximum absolute atomic E-state index is 11.3. The van der Waals surface area contributed by atoms with Crippen LogP contribution in [0.1, 0.15) is 18.5 Å². The van der Waals surface area contributed by atoms with Crippen LogP contribution in [0.2, 0.25) is 5.02 Å². The van der Waals surface area contributed by atoms with E-state index in [-0.39, 0.29) is 11.8 Å². The van der Waals surface area contributed by atoms with Gasteiger partial charge in [0, 0.05) is 17.3 Å². The van der Waals surface area contributed by atoms with Crippen molar-refractivity contribution in [2.24, 2.45) is 0 Å². The highest BCUT2D eigenvalue weighted by Gasteiger charge is 2.16. The van der Waals surface area contributed by atoms with Crippen LogP contribution in [0.15, 0.2) is 24.3 Å². The Labute approximate surface area is 102 Å². The second kappa shape index (κ2) is 5.66. The van der Waals surface area contributed by atoms with E-state index >= 15 is 0 Å². The van der Waals surface area contributed by atoms with E-state index in [1.165, 1.54) is 6.26 Å². The summed E-state index contributed by atoms with van der Waals surface area (Å²) in [6, 6.07) is 7.07. The first-order valence-corrected chi connectivity index (χ1v) is 7.53. The minimum absolute atomic E-state index is 0.0845. The number of rotatable bonds is 5. The van der Waals surface area contributed by atoms with Gasteiger partial charge in [-0.3, -0.25) is 0 Å². The molecule has 1 aromatic rings. The predicted octanol–water partition coefficient (Wildman–Crippen LogP) is 2.04. The van der Waals surface area contributed by atoms with Crippen LogP contribution in [-0.4, -0.2) is 27.0 Å². The van der Waals surface area contributed by atoms with Gasteiger partial charge < -0.3 is 5.32 Å². The maximum Gasteiger partial charge on any atom is 0.149 e. The Morgan fingerprint density at radius 1 is 1.44 bits per heavy atom. The molecule has 5 heteroatoms. The number of nitrogens with one attached hydrogen (secondary N) is 1. The quantitative estimate of drug-likeness (QED) is 0.882. The van der Waals surface area contributed by atoms with Gasteiger partial charge in [-0.05, 0) is 24.2 Å². The fourth-order valence-electron chi connectivity index (χ4n) is 1.55. The number of hydrogen-bond acceptors (Lipinski definition) is 3. The van der Waals surface area contributed by atoms with Crippen LogP contribution in [0.25, 0.3) is 0 Å². The van der Waals surface area contributed by atoms with Gasteiger partial charge in [-0.1, -0.05) is 30.7 Å². The van der Waals surface area contributed by atoms with Gasteiger partial charge in [-0.25, -0.2) is 8.42 Å². The highest BCUT2D eigenvalue weighted by atomic mass is 35.5. The van der Waals surface area contributed by atoms with E-state index in [2.05, 4.69) is 5.32 Å². The molecular formula is C11H16ClNO2S. The summed E-state index contributed by atoms with van der Waals surface area (Å²) in [7, 11) is -3.01. The van der Waals surface area contributed by atoms with E-state index in [1.807, 2.05) is 19.1 Å². The average Bonchev–Trinajstić information content (AvgIpc) is 2.15. The van der Waals surface area contributed by atoms with Crippen molar-refractivity contribution in [3.8, 4) is 0 Å². The number of halogens is 1. The van der Waals surface area contributed by atoms with Crippen LogP contribution in [0.4, 0.5) is 0 Å². The number of sulfone groups is 1. The van der Waals surface area contributed by atoms with Gasteiger partial charge in [-0.15, -0.1) is 0 Å². The van der Waals surface area contributed by atoms with Crippen molar-refractivity contribution >= 4 is 21.4 Å². The molecule has 0 amide bonds. The third-order valence-corrected chi connectivity index (χ3v) is 3.34. The molecule has 1 aromatic carbocycles. The van der Waals surface area contributed by atoms with Gasteiger partial charge in [0.1, 0.15) is 9.84 Å². The molecule has 1 N–H and O–H groups in total. The SMILES string of the molecule is CCNC(CS(C)(=O)=O)c1cccc(Cl)c1. The summed E-state index contributed by atoms with van der Waals surface area (Å²) in [5.41, 5.74) is 0.903. The molecule has 0 saturated carbocycles. The Morgan fingerprint density at radius 2 is 2.12 bits per heavy atom. The highest BCUT2D eigenvalue weighted by molar-refractivity contribution is 7.90. The van der Waals surface area contributed by atoms with Crippen molar-refractivity contribution in [3.63, 3.8) is 0 Å². The molecule has 1 rings (SSSR count). The highest BCUT2D eigenvalue weighted by Crippen LogP contribution is 2.19. The average molecular weight is 262 g/mol. The number of hydrogen-bond donors (Lipinski definition) is 1. The van der Waals surface area contributed by atoms with Crippen LogP contribution in [0.3, 0.4) is 0 Å². The second-order valence-corrected chi connectivity index (χ2v) is 6.38. The first-order valence-electron chi connectivity index (χ1n) is 5.09. The molecular weight excluding hydrogens is 246 g/mol. The smallest absolute Gasteiger partial charge is 0.149 e. The molecule has 0 heterocycles. The maximum atomic E-state index is 11.3. The lowest BCUT2D eigenvalue weighted by molar-refractivity contribution is 0.563. The van der Waals surface area contributed by atoms with E-state index in [0.717, 1.165) is 5.56 Å². The summed E-state index contributed by atoms with van der Waals surface area (Å²) in [6.07, 6.45) is 1.24. The summed E-state index contributed by atoms with van der Waals surface area (Å²) in [4.78, 5) is 0. The van der Waals surface area contributed by atoms with E-state index in [4.69, 9.17) is 11.6 Å². The van der Waals surface area contributed by atoms with Gasteiger partial charge in [-0.2, -0.15) is 0 Å². The third kappa shape index (κ3) is 4.51. The molecule has 0 aliphatic heterocycles. The fraction of sp³-hybridized carbons (Fsp3) is 0.455. The Bertz CT molecular complexity index is 445. The topological polar surface area (TPSA) is 46.2 Å². The van der Waals surface area contributed by atoms with Crippen LogP contribution < -0.4 is 5.32 Å². The third-order valence-electron chi connectivity index (χ3n) is 2.17. The summed E-state index contributed by atoms with van der Waals surface area (Å²) >= 11 is 5.88. The lowest BCUT2D eigenvalue weighted by Gasteiger charge is -2.17. The van der Waals surface area contributed by atoms with Crippen LogP contribution in [0, 0.1) is 0 Å². The minimum atomic E-state index is -3.01. The van der Waals surface area contributed by atoms with Crippen LogP contribution in [0.5, 0.6) is 0 Å². The van der Waals surface area contributed by atoms with Gasteiger partial charge in [0.25, 0.3) is 0 Å². The molecule has 1 atom stereocenters. The van der Waals surface area contributed by atoms with Gasteiger partial charge in [0.2, 0.25) is 0 Å². The first-order chi connectivity index (χ1) is 7.42. The largest absolute Gasteiger partial charge is 0.309 e. The fourth-order valence-corrected chi connectivity index (χ4v) is 2.66. The molecule has 0 aromatic heterocycles. The summed E-state index contributed by atoms with van der Waals surface area (Å²) in [5.74, 6) is 0.0845. The standard InChI is InChI=1S/C11H16ClNO2S/c1-3-13-11(8-16(2,14)15)9-5-4-6-10(12)7-9/h4-7,11,13H,3,8H2,1-2H3. The molecule has 16 heavy (non-hydrogen) atoms. The Kier molecular flexibility index (Phi) is 4.77. The van der Waals surface area contributed by atoms with E-state index in [0.29, 0.717) is 11.6 Å². The zero-order chi connectivity index (χ0) is 12.2. The molecule has 0 aliphatic rings. The first kappa shape index (κ1) is 13.5. The van der Waals surface area contributed by atoms with Gasteiger partial charge in [0.15, 0.2) is 0 Å². The Morgan fingerprint density at radius 3 is 2.62 bits per heavy atom. The summed E-state index contributed by atoms with van der Waals surface area (Å²) in [6.45, 7) is 2.66. The van der Waals surface area contributed by atoms with Crippen molar-refractivity contribution in [1.29, 1.82) is 0 Å². The van der Waals surface area contributed by atoms with Crippen molar-refractivity contribution < 1.29 is 8.42 Å². The molecule has 0 saturated heterocycles. The molecule has 3 nitrogen and oxygen atoms in total. The molecule has 90 valence electrons. The van der Waals surface area contributed by atoms with Crippen molar-refractivity contribution in [1.82, 2.24) is 5.32 Å². The van der Waals surface area contributed by atoms with Crippen molar-refractivity contribution in [2.75, 3.05) is 18.6 Å². The monoisotopic (exact) mass is 261 g/mol. The van der Waals surface area contributed by atoms with Gasteiger partial charge in [0.05, 0.1) is 5.75 Å². The molecule has 1 unspecified atom stereocenters. The molecule has 0 fully saturated rings. The van der Waals surface area contributed by atoms with E-state index in [9.17, 15) is 8.42 Å². The van der Waals surface area contributed by atoms with Crippen molar-refractivity contribution in [3.05, 3.63) is 34.9 Å². The van der Waals surface area contributed by atoms with Crippen molar-refractivity contribution in [2.45, 2.75) is 13.0 Å². The lowest BCUT2D eigenvalue weighted by atomic mass is 10.1. The van der Waals surface area contributed by atoms with E-state index < -0.39 is 9.84 Å². The zero-order valence-electron chi connectivity index (χ0n) is 9.40. The van der Waals surface area contributed by atoms with Gasteiger partial charge >= 0.3 is 0 Å². The molecule has 0 spiro atoms. The predicted molar refractivity (Wildman–Crippen MR) is 67.6 cm³/mol. The Balaban J connectivity index is 2.93. The molecule has 0 radical (unpaired) electrons. The minimum Gasteiger partial charge on any atom is -0.309 e. The van der Waals surface area contributed by atoms with Crippen LogP contribution >= 0.6 is 11.6 Å².